The molecular weight excluding hydrogens is 491 g/mol. The Morgan fingerprint density at radius 3 is 2.66 bits per heavy atom. The molecule has 2 aromatic rings. The van der Waals surface area contributed by atoms with Crippen molar-refractivity contribution < 1.29 is 23.8 Å². The van der Waals surface area contributed by atoms with Gasteiger partial charge in [-0.2, -0.15) is 9.97 Å². The number of carbonyl (C=O) groups excluding carboxylic acids is 1. The Bertz CT molecular complexity index is 1130. The average molecular weight is 527 g/mol. The zero-order valence-electron chi connectivity index (χ0n) is 21.6. The van der Waals surface area contributed by atoms with E-state index in [9.17, 15) is 14.3 Å². The largest absolute Gasteiger partial charge is 0.508 e. The number of allylic oxidation sites excluding steroid dienone is 1. The number of ether oxygens (including phenoxy) is 2. The number of halogens is 1. The molecule has 204 valence electrons. The third-order valence-corrected chi connectivity index (χ3v) is 7.24. The number of rotatable bonds is 9. The van der Waals surface area contributed by atoms with E-state index in [0.29, 0.717) is 37.8 Å². The number of piperazine rings is 1. The monoisotopic (exact) mass is 526 g/mol. The van der Waals surface area contributed by atoms with E-state index in [-0.39, 0.29) is 11.6 Å². The van der Waals surface area contributed by atoms with Gasteiger partial charge >= 0.3 is 6.01 Å². The normalized spacial score (nSPS) is 18.6. The predicted molar refractivity (Wildman–Crippen MR) is 141 cm³/mol. The van der Waals surface area contributed by atoms with Gasteiger partial charge in [-0.3, -0.25) is 9.69 Å². The molecule has 10 nitrogen and oxygen atoms in total. The Labute approximate surface area is 222 Å². The van der Waals surface area contributed by atoms with Crippen molar-refractivity contribution in [3.63, 3.8) is 0 Å². The second kappa shape index (κ2) is 12.4. The summed E-state index contributed by atoms with van der Waals surface area (Å²) < 4.78 is 26.1. The van der Waals surface area contributed by atoms with Crippen LogP contribution in [0.5, 0.6) is 11.8 Å². The minimum atomic E-state index is -0.375. The maximum atomic E-state index is 14.6. The summed E-state index contributed by atoms with van der Waals surface area (Å²) in [6.07, 6.45) is 5.64. The lowest BCUT2D eigenvalue weighted by molar-refractivity contribution is -0.104. The maximum Gasteiger partial charge on any atom is 0.318 e. The molecule has 4 heterocycles. The van der Waals surface area contributed by atoms with E-state index in [1.807, 2.05) is 11.1 Å². The van der Waals surface area contributed by atoms with E-state index in [1.165, 1.54) is 24.3 Å². The number of fused-ring (bicyclic) bond motifs is 1. The maximum absolute atomic E-state index is 14.6. The molecule has 1 aromatic heterocycles. The summed E-state index contributed by atoms with van der Waals surface area (Å²) in [5.41, 5.74) is 2.23. The molecular formula is C27H35FN6O4. The van der Waals surface area contributed by atoms with Crippen LogP contribution in [0.1, 0.15) is 17.7 Å². The second-order valence-electron chi connectivity index (χ2n) is 9.72. The van der Waals surface area contributed by atoms with Crippen molar-refractivity contribution >= 4 is 17.8 Å². The molecule has 2 fully saturated rings. The molecule has 0 atom stereocenters. The number of anilines is 2. The van der Waals surface area contributed by atoms with Crippen LogP contribution in [-0.4, -0.2) is 103 Å². The van der Waals surface area contributed by atoms with Gasteiger partial charge in [-0.05, 0) is 31.1 Å². The summed E-state index contributed by atoms with van der Waals surface area (Å²) in [5.74, 6) is 0.522. The van der Waals surface area contributed by atoms with Crippen molar-refractivity contribution in [1.82, 2.24) is 19.8 Å². The molecule has 1 aromatic carbocycles. The molecule has 0 saturated carbocycles. The molecule has 2 saturated heterocycles. The van der Waals surface area contributed by atoms with Crippen molar-refractivity contribution in [1.29, 1.82) is 0 Å². The van der Waals surface area contributed by atoms with Crippen molar-refractivity contribution in [2.45, 2.75) is 19.4 Å². The number of phenols is 1. The Hall–Kier alpha value is -3.44. The van der Waals surface area contributed by atoms with Crippen LogP contribution >= 0.6 is 0 Å². The number of aromatic nitrogens is 2. The molecule has 0 spiro atoms. The van der Waals surface area contributed by atoms with E-state index in [0.717, 1.165) is 88.8 Å². The minimum Gasteiger partial charge on any atom is -0.508 e. The van der Waals surface area contributed by atoms with Gasteiger partial charge in [0.1, 0.15) is 23.7 Å². The number of phenolic OH excluding ortho intramolecular Hbond substituents is 1. The van der Waals surface area contributed by atoms with Crippen LogP contribution in [0.2, 0.25) is 0 Å². The lowest BCUT2D eigenvalue weighted by Crippen LogP contribution is -2.45. The van der Waals surface area contributed by atoms with Gasteiger partial charge in [0, 0.05) is 70.2 Å². The summed E-state index contributed by atoms with van der Waals surface area (Å²) in [4.78, 5) is 28.9. The molecule has 11 heteroatoms. The summed E-state index contributed by atoms with van der Waals surface area (Å²) >= 11 is 0. The first-order chi connectivity index (χ1) is 18.6. The highest BCUT2D eigenvalue weighted by Crippen LogP contribution is 2.33. The number of aromatic hydroxyl groups is 1. The fourth-order valence-electron chi connectivity index (χ4n) is 5.18. The molecule has 5 rings (SSSR count). The van der Waals surface area contributed by atoms with Gasteiger partial charge in [-0.25, -0.2) is 4.39 Å². The third kappa shape index (κ3) is 6.33. The molecule has 0 aliphatic carbocycles. The minimum absolute atomic E-state index is 0.0290. The molecule has 0 amide bonds. The Kier molecular flexibility index (Phi) is 8.54. The molecule has 0 radical (unpaired) electrons. The first-order valence-corrected chi connectivity index (χ1v) is 13.3. The number of hydrogen-bond acceptors (Lipinski definition) is 10. The molecule has 3 aliphatic rings. The van der Waals surface area contributed by atoms with Crippen LogP contribution in [0, 0.1) is 5.82 Å². The van der Waals surface area contributed by atoms with Crippen LogP contribution in [0.4, 0.5) is 15.9 Å². The van der Waals surface area contributed by atoms with Gasteiger partial charge in [-0.1, -0.05) is 0 Å². The van der Waals surface area contributed by atoms with E-state index < -0.39 is 0 Å². The number of morpholine rings is 1. The van der Waals surface area contributed by atoms with Gasteiger partial charge in [0.25, 0.3) is 0 Å². The Balaban J connectivity index is 1.33. The van der Waals surface area contributed by atoms with Gasteiger partial charge < -0.3 is 29.3 Å². The zero-order valence-corrected chi connectivity index (χ0v) is 21.6. The Morgan fingerprint density at radius 2 is 1.87 bits per heavy atom. The lowest BCUT2D eigenvalue weighted by Gasteiger charge is -2.37. The predicted octanol–water partition coefficient (Wildman–Crippen LogP) is 1.82. The van der Waals surface area contributed by atoms with E-state index in [4.69, 9.17) is 19.4 Å². The Morgan fingerprint density at radius 1 is 1.05 bits per heavy atom. The standard InChI is InChI=1S/C27H35FN6O4/c28-23-4-3-21(36)19-25(23)34-8-5-22-24(20-34)29-27(38-16-2-7-32-13-17-37-18-14-32)30-26(22)33-11-9-31(10-12-33)6-1-15-35/h1,3-4,6,15,19,36H,2,5,7-14,16-18,20H2. The highest BCUT2D eigenvalue weighted by Gasteiger charge is 2.28. The number of benzene rings is 1. The topological polar surface area (TPSA) is 94.5 Å². The van der Waals surface area contributed by atoms with E-state index >= 15 is 0 Å². The number of nitrogens with zero attached hydrogens (tertiary/aromatic N) is 6. The third-order valence-electron chi connectivity index (χ3n) is 7.24. The highest BCUT2D eigenvalue weighted by atomic mass is 19.1. The van der Waals surface area contributed by atoms with Crippen LogP contribution in [-0.2, 0) is 22.5 Å². The molecule has 0 unspecified atom stereocenters. The summed E-state index contributed by atoms with van der Waals surface area (Å²) in [6, 6.07) is 4.43. The zero-order chi connectivity index (χ0) is 26.3. The lowest BCUT2D eigenvalue weighted by atomic mass is 10.0. The van der Waals surface area contributed by atoms with Gasteiger partial charge in [0.05, 0.1) is 37.7 Å². The van der Waals surface area contributed by atoms with Crippen molar-refractivity contribution in [2.24, 2.45) is 0 Å². The highest BCUT2D eigenvalue weighted by molar-refractivity contribution is 5.64. The average Bonchev–Trinajstić information content (AvgIpc) is 2.95. The van der Waals surface area contributed by atoms with Crippen molar-refractivity contribution in [3.05, 3.63) is 47.5 Å². The molecule has 1 N–H and O–H groups in total. The summed E-state index contributed by atoms with van der Waals surface area (Å²) in [6.45, 7) is 8.92. The summed E-state index contributed by atoms with van der Waals surface area (Å²) in [5, 5.41) is 9.93. The van der Waals surface area contributed by atoms with Crippen LogP contribution in [0.15, 0.2) is 30.5 Å². The van der Waals surface area contributed by atoms with Gasteiger partial charge in [0.2, 0.25) is 0 Å². The first kappa shape index (κ1) is 26.2. The van der Waals surface area contributed by atoms with E-state index in [2.05, 4.69) is 14.7 Å². The smallest absolute Gasteiger partial charge is 0.318 e. The van der Waals surface area contributed by atoms with Crippen LogP contribution in [0.25, 0.3) is 0 Å². The fourth-order valence-corrected chi connectivity index (χ4v) is 5.18. The number of aldehydes is 1. The number of carbonyl (C=O) groups is 1. The molecule has 38 heavy (non-hydrogen) atoms. The van der Waals surface area contributed by atoms with Crippen molar-refractivity contribution in [2.75, 3.05) is 82.0 Å². The van der Waals surface area contributed by atoms with Crippen LogP contribution in [0.3, 0.4) is 0 Å². The van der Waals surface area contributed by atoms with Crippen molar-refractivity contribution in [3.8, 4) is 11.8 Å². The van der Waals surface area contributed by atoms with Gasteiger partial charge in [0.15, 0.2) is 0 Å². The summed E-state index contributed by atoms with van der Waals surface area (Å²) in [7, 11) is 0. The second-order valence-corrected chi connectivity index (χ2v) is 9.72. The quantitative estimate of drug-likeness (QED) is 0.296. The SMILES string of the molecule is O=CC=CN1CCN(c2nc(OCCCN3CCOCC3)nc3c2CCN(c2cc(O)ccc2F)C3)CC1. The fraction of sp³-hybridized carbons (Fsp3) is 0.519. The molecule has 0 bridgehead atoms. The first-order valence-electron chi connectivity index (χ1n) is 13.3. The van der Waals surface area contributed by atoms with E-state index in [1.54, 1.807) is 0 Å². The van der Waals surface area contributed by atoms with Gasteiger partial charge in [-0.15, -0.1) is 0 Å². The van der Waals surface area contributed by atoms with Crippen LogP contribution < -0.4 is 14.5 Å². The number of hydrogen-bond donors (Lipinski definition) is 1. The molecule has 3 aliphatic heterocycles.